The Morgan fingerprint density at radius 2 is 2.00 bits per heavy atom. The van der Waals surface area contributed by atoms with Gasteiger partial charge in [-0.3, -0.25) is 0 Å². The van der Waals surface area contributed by atoms with Crippen LogP contribution in [0.25, 0.3) is 5.32 Å². The van der Waals surface area contributed by atoms with Crippen LogP contribution in [0.1, 0.15) is 13.3 Å². The monoisotopic (exact) mass is 245 g/mol. The molecule has 1 aliphatic heterocycles. The summed E-state index contributed by atoms with van der Waals surface area (Å²) < 4.78 is 4.98. The van der Waals surface area contributed by atoms with E-state index in [-0.39, 0.29) is 70.3 Å². The largest absolute Gasteiger partial charge is 1.00 e. The summed E-state index contributed by atoms with van der Waals surface area (Å²) in [6, 6.07) is -0.186. The number of hydrogen-bond donors (Lipinski definition) is 2. The van der Waals surface area contributed by atoms with Crippen LogP contribution in [0.4, 0.5) is 0 Å². The van der Waals surface area contributed by atoms with Crippen molar-refractivity contribution in [3.05, 3.63) is 5.32 Å². The van der Waals surface area contributed by atoms with Gasteiger partial charge < -0.3 is 20.3 Å². The molecule has 0 bridgehead atoms. The van der Waals surface area contributed by atoms with Crippen LogP contribution in [0.15, 0.2) is 0 Å². The molecular weight excluding hydrogens is 232 g/mol. The molecule has 0 aromatic carbocycles. The van der Waals surface area contributed by atoms with E-state index in [2.05, 4.69) is 5.32 Å². The molecule has 0 saturated carbocycles. The Morgan fingerprint density at radius 1 is 1.42 bits per heavy atom. The van der Waals surface area contributed by atoms with E-state index >= 15 is 0 Å². The first kappa shape index (κ1) is 13.6. The first-order valence-electron chi connectivity index (χ1n) is 3.75. The van der Waals surface area contributed by atoms with Crippen LogP contribution < -0.4 is 58.2 Å². The Morgan fingerprint density at radius 3 is 2.50 bits per heavy atom. The van der Waals surface area contributed by atoms with Gasteiger partial charge in [-0.1, -0.05) is 0 Å². The molecule has 0 amide bonds. The Hall–Kier alpha value is 1.65. The molecule has 0 unspecified atom stereocenters. The van der Waals surface area contributed by atoms with Crippen LogP contribution in [0, 0.1) is 0 Å². The van der Waals surface area contributed by atoms with E-state index in [9.17, 15) is 5.11 Å². The normalized spacial score (nSPS) is 42.0. The molecule has 12 heavy (non-hydrogen) atoms. The molecule has 0 radical (unpaired) electrons. The van der Waals surface area contributed by atoms with Crippen molar-refractivity contribution in [1.82, 2.24) is 0 Å². The van der Waals surface area contributed by atoms with Gasteiger partial charge in [0, 0.05) is 0 Å². The quantitative estimate of drug-likeness (QED) is 0.513. The number of aliphatic hydroxyl groups excluding tert-OH is 2. The van der Waals surface area contributed by atoms with Gasteiger partial charge in [-0.05, 0) is 13.3 Å². The summed E-state index contributed by atoms with van der Waals surface area (Å²) in [5.74, 6) is 0. The molecule has 4 atom stereocenters. The smallest absolute Gasteiger partial charge is 0.660 e. The average molecular weight is 246 g/mol. The predicted octanol–water partition coefficient (Wildman–Crippen LogP) is -3.15. The number of ether oxygens (including phenoxy) is 1. The minimum absolute atomic E-state index is 0. The van der Waals surface area contributed by atoms with Gasteiger partial charge in [0.2, 0.25) is 0 Å². The number of nitrogens with zero attached hydrogens (tertiary/aromatic N) is 1. The predicted molar refractivity (Wildman–Crippen MR) is 40.2 cm³/mol. The van der Waals surface area contributed by atoms with Crippen molar-refractivity contribution in [3.63, 3.8) is 0 Å². The van der Waals surface area contributed by atoms with Gasteiger partial charge in [-0.15, -0.1) is 6.04 Å². The molecule has 1 fully saturated rings. The van der Waals surface area contributed by atoms with Gasteiger partial charge in [-0.25, -0.2) is 0 Å². The van der Waals surface area contributed by atoms with E-state index in [1.165, 1.54) is 0 Å². The summed E-state index contributed by atoms with van der Waals surface area (Å²) in [7, 11) is 1.64. The van der Waals surface area contributed by atoms with Gasteiger partial charge in [0.05, 0.1) is 12.2 Å². The van der Waals surface area contributed by atoms with Crippen LogP contribution >= 0.6 is 0 Å². The van der Waals surface area contributed by atoms with Crippen molar-refractivity contribution in [1.29, 1.82) is 0 Å². The van der Waals surface area contributed by atoms with Crippen molar-refractivity contribution in [2.24, 2.45) is 0 Å². The molecule has 0 spiro atoms. The Labute approximate surface area is 121 Å². The summed E-state index contributed by atoms with van der Waals surface area (Å²) in [5, 5.41) is 22.3. The fourth-order valence-corrected chi connectivity index (χ4v) is 1.30. The van der Waals surface area contributed by atoms with E-state index in [0.717, 1.165) is 0 Å². The second-order valence-corrected chi connectivity index (χ2v) is 2.89. The molecule has 66 valence electrons. The first-order valence-corrected chi connectivity index (χ1v) is 3.75. The number of aliphatic hydroxyl groups is 2. The second-order valence-electron chi connectivity index (χ2n) is 2.89. The van der Waals surface area contributed by atoms with Gasteiger partial charge >= 0.3 is 58.2 Å². The third kappa shape index (κ3) is 3.42. The maximum atomic E-state index is 9.29. The van der Waals surface area contributed by atoms with Crippen LogP contribution in [0.5, 0.6) is 0 Å². The van der Waals surface area contributed by atoms with E-state index in [0.29, 0.717) is 6.42 Å². The van der Waals surface area contributed by atoms with Gasteiger partial charge in [-0.2, -0.15) is 7.05 Å². The molecule has 1 aliphatic rings. The van der Waals surface area contributed by atoms with Crippen LogP contribution in [0.2, 0.25) is 0 Å². The molecule has 0 aromatic heterocycles. The average Bonchev–Trinajstić information content (AvgIpc) is 1.96. The SMILES string of the molecule is C[N-][C@H]1C[C@@H](C)O[C@@H](O)[C@@H]1O.[Rb+]. The van der Waals surface area contributed by atoms with Crippen molar-refractivity contribution in [3.8, 4) is 0 Å². The molecule has 0 aliphatic carbocycles. The maximum Gasteiger partial charge on any atom is 1.00 e. The minimum Gasteiger partial charge on any atom is -0.660 e. The van der Waals surface area contributed by atoms with E-state index in [4.69, 9.17) is 9.84 Å². The summed E-state index contributed by atoms with van der Waals surface area (Å²) in [5.41, 5.74) is 0. The Bertz CT molecular complexity index is 136. The van der Waals surface area contributed by atoms with Crippen molar-refractivity contribution in [2.45, 2.75) is 37.9 Å². The third-order valence-corrected chi connectivity index (χ3v) is 1.96. The van der Waals surface area contributed by atoms with Crippen molar-refractivity contribution in [2.75, 3.05) is 7.05 Å². The zero-order valence-corrected chi connectivity index (χ0v) is 12.7. The number of hydrogen-bond acceptors (Lipinski definition) is 3. The van der Waals surface area contributed by atoms with E-state index in [1.807, 2.05) is 6.92 Å². The van der Waals surface area contributed by atoms with Crippen LogP contribution in [0.3, 0.4) is 0 Å². The minimum atomic E-state index is -1.08. The fraction of sp³-hybridized carbons (Fsp3) is 1.00. The first-order chi connectivity index (χ1) is 5.15. The zero-order chi connectivity index (χ0) is 8.43. The molecule has 1 heterocycles. The Kier molecular flexibility index (Phi) is 7.04. The van der Waals surface area contributed by atoms with Gasteiger partial charge in [0.25, 0.3) is 0 Å². The summed E-state index contributed by atoms with van der Waals surface area (Å²) >= 11 is 0. The number of rotatable bonds is 1. The van der Waals surface area contributed by atoms with Gasteiger partial charge in [0.1, 0.15) is 0 Å². The summed E-state index contributed by atoms with van der Waals surface area (Å²) in [6.07, 6.45) is -1.29. The fourth-order valence-electron chi connectivity index (χ4n) is 1.30. The Balaban J connectivity index is 0.00000121. The molecule has 1 saturated heterocycles. The second kappa shape index (κ2) is 6.19. The van der Waals surface area contributed by atoms with Crippen molar-refractivity contribution >= 4 is 0 Å². The molecule has 2 N–H and O–H groups in total. The van der Waals surface area contributed by atoms with Crippen LogP contribution in [-0.2, 0) is 4.74 Å². The summed E-state index contributed by atoms with van der Waals surface area (Å²) in [4.78, 5) is 0. The van der Waals surface area contributed by atoms with E-state index in [1.54, 1.807) is 7.05 Å². The molecule has 4 nitrogen and oxygen atoms in total. The standard InChI is InChI=1S/C7H14NO3.Rb/c1-4-3-5(8-2)6(9)7(10)11-4;/h4-7,9-10H,3H2,1-2H3;/q-1;+1/t4-,5+,6-,7-;/m1./s1. The number of likely N-dealkylation sites (N-methyl/N-ethyl adjacent to an activating group) is 1. The zero-order valence-electron chi connectivity index (χ0n) is 7.77. The molecule has 1 rings (SSSR count). The molecule has 5 heteroatoms. The summed E-state index contributed by atoms with van der Waals surface area (Å²) in [6.45, 7) is 1.85. The van der Waals surface area contributed by atoms with Crippen molar-refractivity contribution < 1.29 is 73.1 Å². The van der Waals surface area contributed by atoms with Crippen LogP contribution in [-0.4, -0.2) is 41.8 Å². The third-order valence-electron chi connectivity index (χ3n) is 1.96. The topological polar surface area (TPSA) is 63.8 Å². The molecular formula is C7H14NO3Rb. The van der Waals surface area contributed by atoms with Gasteiger partial charge in [0.15, 0.2) is 6.29 Å². The van der Waals surface area contributed by atoms with E-state index < -0.39 is 12.4 Å². The molecule has 0 aromatic rings. The maximum absolute atomic E-state index is 9.29.